The van der Waals surface area contributed by atoms with E-state index in [0.29, 0.717) is 12.8 Å². The van der Waals surface area contributed by atoms with Crippen LogP contribution in [0.15, 0.2) is 12.2 Å². The van der Waals surface area contributed by atoms with Gasteiger partial charge in [-0.25, -0.2) is 0 Å². The van der Waals surface area contributed by atoms with Gasteiger partial charge in [-0.2, -0.15) is 0 Å². The Hall–Kier alpha value is -1.53. The summed E-state index contributed by atoms with van der Waals surface area (Å²) in [7, 11) is 0. The fourth-order valence-corrected chi connectivity index (χ4v) is 3.63. The minimum absolute atomic E-state index is 0.152. The maximum atomic E-state index is 12.5. The first-order valence-corrected chi connectivity index (χ1v) is 6.98. The molecule has 4 aliphatic rings. The van der Waals surface area contributed by atoms with E-state index in [2.05, 4.69) is 0 Å². The number of carbonyl (C=O) groups is 3. The Kier molecular flexibility index (Phi) is 2.59. The molecule has 0 aromatic heterocycles. The summed E-state index contributed by atoms with van der Waals surface area (Å²) in [5.74, 6) is -1.02. The van der Waals surface area contributed by atoms with Crippen LogP contribution in [0.25, 0.3) is 0 Å². The summed E-state index contributed by atoms with van der Waals surface area (Å²) >= 11 is 0. The van der Waals surface area contributed by atoms with Gasteiger partial charge in [-0.05, 0) is 12.8 Å². The van der Waals surface area contributed by atoms with E-state index in [1.165, 1.54) is 4.90 Å². The summed E-state index contributed by atoms with van der Waals surface area (Å²) in [5, 5.41) is 0. The molecule has 5 atom stereocenters. The van der Waals surface area contributed by atoms with Gasteiger partial charge in [0.1, 0.15) is 6.10 Å². The highest BCUT2D eigenvalue weighted by Crippen LogP contribution is 2.39. The Labute approximate surface area is 115 Å². The quantitative estimate of drug-likeness (QED) is 0.499. The fourth-order valence-electron chi connectivity index (χ4n) is 3.63. The molecular weight excluding hydrogens is 262 g/mol. The predicted molar refractivity (Wildman–Crippen MR) is 65.2 cm³/mol. The maximum absolute atomic E-state index is 12.5. The molecule has 0 saturated carbocycles. The lowest BCUT2D eigenvalue weighted by molar-refractivity contribution is -0.163. The van der Waals surface area contributed by atoms with Crippen molar-refractivity contribution < 1.29 is 23.9 Å². The first-order chi connectivity index (χ1) is 9.66. The van der Waals surface area contributed by atoms with Crippen LogP contribution in [0.2, 0.25) is 0 Å². The van der Waals surface area contributed by atoms with Crippen molar-refractivity contribution in [3.8, 4) is 0 Å². The molecule has 0 aromatic carbocycles. The standard InChI is InChI=1S/C14H15NO5/c16-10-5-9(11-6-19-14(10)20-11)15-12(17)7-3-1-2-4-8(7)13(15)18/h1-2,7-9,11,14H,3-6H2/t7-,8-,9-,11-,14-/m0/s1. The number of hydrogen-bond acceptors (Lipinski definition) is 5. The van der Waals surface area contributed by atoms with E-state index < -0.39 is 12.3 Å². The molecule has 3 heterocycles. The SMILES string of the molecule is O=C1C[C@H](N2C(=O)[C@H]3CC=CC[C@@H]3C2=O)[C@@H]2CO[C@H]1O2. The molecule has 3 fully saturated rings. The van der Waals surface area contributed by atoms with Crippen molar-refractivity contribution in [1.82, 2.24) is 4.90 Å². The molecule has 106 valence electrons. The van der Waals surface area contributed by atoms with Crippen molar-refractivity contribution in [2.75, 3.05) is 6.61 Å². The summed E-state index contributed by atoms with van der Waals surface area (Å²) in [6.07, 6.45) is 4.11. The van der Waals surface area contributed by atoms with Gasteiger partial charge in [-0.1, -0.05) is 12.2 Å². The molecule has 20 heavy (non-hydrogen) atoms. The zero-order valence-corrected chi connectivity index (χ0v) is 10.9. The molecular formula is C14H15NO5. The number of nitrogens with zero attached hydrogens (tertiary/aromatic N) is 1. The highest BCUT2D eigenvalue weighted by Gasteiger charge is 2.55. The van der Waals surface area contributed by atoms with Crippen molar-refractivity contribution in [2.24, 2.45) is 11.8 Å². The smallest absolute Gasteiger partial charge is 0.233 e. The Morgan fingerprint density at radius 2 is 1.70 bits per heavy atom. The molecule has 2 bridgehead atoms. The van der Waals surface area contributed by atoms with E-state index in [1.807, 2.05) is 12.2 Å². The van der Waals surface area contributed by atoms with E-state index in [1.54, 1.807) is 0 Å². The van der Waals surface area contributed by atoms with Gasteiger partial charge in [-0.15, -0.1) is 0 Å². The van der Waals surface area contributed by atoms with E-state index in [-0.39, 0.29) is 48.6 Å². The van der Waals surface area contributed by atoms with Gasteiger partial charge in [0.2, 0.25) is 18.1 Å². The average Bonchev–Trinajstić information content (AvgIpc) is 2.99. The number of imide groups is 1. The van der Waals surface area contributed by atoms with Crippen molar-refractivity contribution >= 4 is 17.6 Å². The lowest BCUT2D eigenvalue weighted by atomic mass is 9.85. The van der Waals surface area contributed by atoms with Gasteiger partial charge in [0.05, 0.1) is 24.5 Å². The third-order valence-corrected chi connectivity index (χ3v) is 4.69. The average molecular weight is 277 g/mol. The van der Waals surface area contributed by atoms with Gasteiger partial charge in [0.25, 0.3) is 0 Å². The zero-order valence-electron chi connectivity index (χ0n) is 10.9. The molecule has 4 rings (SSSR count). The molecule has 0 spiro atoms. The number of rotatable bonds is 1. The van der Waals surface area contributed by atoms with Crippen LogP contribution in [0.1, 0.15) is 19.3 Å². The second-order valence-electron chi connectivity index (χ2n) is 5.78. The van der Waals surface area contributed by atoms with Crippen LogP contribution < -0.4 is 0 Å². The minimum atomic E-state index is -0.798. The first kappa shape index (κ1) is 12.2. The summed E-state index contributed by atoms with van der Waals surface area (Å²) in [4.78, 5) is 38.1. The molecule has 0 radical (unpaired) electrons. The van der Waals surface area contributed by atoms with Crippen LogP contribution in [0.5, 0.6) is 0 Å². The maximum Gasteiger partial charge on any atom is 0.233 e. The van der Waals surface area contributed by atoms with E-state index in [4.69, 9.17) is 9.47 Å². The van der Waals surface area contributed by atoms with Gasteiger partial charge in [0.15, 0.2) is 5.78 Å². The fraction of sp³-hybridized carbons (Fsp3) is 0.643. The summed E-state index contributed by atoms with van der Waals surface area (Å²) in [5.41, 5.74) is 0. The molecule has 1 aliphatic carbocycles. The number of Topliss-reactive ketones (excluding diaryl/α,β-unsaturated/α-hetero) is 1. The molecule has 0 aromatic rings. The van der Waals surface area contributed by atoms with Crippen molar-refractivity contribution in [2.45, 2.75) is 37.7 Å². The van der Waals surface area contributed by atoms with Crippen LogP contribution in [0.4, 0.5) is 0 Å². The van der Waals surface area contributed by atoms with Gasteiger partial charge in [-0.3, -0.25) is 19.3 Å². The van der Waals surface area contributed by atoms with Gasteiger partial charge < -0.3 is 9.47 Å². The first-order valence-electron chi connectivity index (χ1n) is 6.98. The number of allylic oxidation sites excluding steroid dienone is 2. The molecule has 3 saturated heterocycles. The number of amides is 2. The Morgan fingerprint density at radius 3 is 2.35 bits per heavy atom. The van der Waals surface area contributed by atoms with Crippen LogP contribution in [0.3, 0.4) is 0 Å². The van der Waals surface area contributed by atoms with Gasteiger partial charge in [0, 0.05) is 6.42 Å². The monoisotopic (exact) mass is 277 g/mol. The summed E-state index contributed by atoms with van der Waals surface area (Å²) in [6.45, 7) is 0.270. The van der Waals surface area contributed by atoms with Gasteiger partial charge >= 0.3 is 0 Å². The molecule has 0 unspecified atom stereocenters. The second kappa shape index (κ2) is 4.23. The summed E-state index contributed by atoms with van der Waals surface area (Å²) < 4.78 is 10.7. The number of carbonyl (C=O) groups excluding carboxylic acids is 3. The molecule has 3 aliphatic heterocycles. The number of ketones is 1. The van der Waals surface area contributed by atoms with Crippen molar-refractivity contribution in [3.63, 3.8) is 0 Å². The van der Waals surface area contributed by atoms with Crippen LogP contribution in [0, 0.1) is 11.8 Å². The molecule has 6 nitrogen and oxygen atoms in total. The Balaban J connectivity index is 1.64. The lowest BCUT2D eigenvalue weighted by Gasteiger charge is -2.32. The highest BCUT2D eigenvalue weighted by molar-refractivity contribution is 6.06. The molecule has 2 amide bonds. The van der Waals surface area contributed by atoms with Crippen LogP contribution in [-0.2, 0) is 23.9 Å². The number of fused-ring (bicyclic) bond motifs is 3. The van der Waals surface area contributed by atoms with E-state index in [9.17, 15) is 14.4 Å². The number of hydrogen-bond donors (Lipinski definition) is 0. The minimum Gasteiger partial charge on any atom is -0.343 e. The van der Waals surface area contributed by atoms with E-state index in [0.717, 1.165) is 0 Å². The largest absolute Gasteiger partial charge is 0.343 e. The lowest BCUT2D eigenvalue weighted by Crippen LogP contribution is -2.52. The van der Waals surface area contributed by atoms with Crippen molar-refractivity contribution in [1.29, 1.82) is 0 Å². The topological polar surface area (TPSA) is 72.9 Å². The third-order valence-electron chi connectivity index (χ3n) is 4.69. The van der Waals surface area contributed by atoms with E-state index >= 15 is 0 Å². The highest BCUT2D eigenvalue weighted by atomic mass is 16.7. The predicted octanol–water partition coefficient (Wildman–Crippen LogP) is 0.0205. The van der Waals surface area contributed by atoms with Crippen molar-refractivity contribution in [3.05, 3.63) is 12.2 Å². The van der Waals surface area contributed by atoms with Crippen LogP contribution in [-0.4, -0.2) is 47.5 Å². The zero-order chi connectivity index (χ0) is 13.9. The third kappa shape index (κ3) is 1.55. The normalized spacial score (nSPS) is 43.3. The number of likely N-dealkylation sites (tertiary alicyclic amines) is 1. The molecule has 6 heteroatoms. The Morgan fingerprint density at radius 1 is 1.05 bits per heavy atom. The second-order valence-corrected chi connectivity index (χ2v) is 5.78. The summed E-state index contributed by atoms with van der Waals surface area (Å²) in [6, 6.07) is -0.494. The number of ether oxygens (including phenoxy) is 2. The molecule has 0 N–H and O–H groups in total. The van der Waals surface area contributed by atoms with Crippen LogP contribution >= 0.6 is 0 Å². The Bertz CT molecular complexity index is 502.